The highest BCUT2D eigenvalue weighted by molar-refractivity contribution is 6.12. The van der Waals surface area contributed by atoms with Gasteiger partial charge in [-0.05, 0) is 52.9 Å². The Bertz CT molecular complexity index is 3280. The highest BCUT2D eigenvalue weighted by Gasteiger charge is 2.21. The van der Waals surface area contributed by atoms with Crippen molar-refractivity contribution in [3.05, 3.63) is 200 Å². The average molecular weight is 728 g/mol. The molecule has 0 radical (unpaired) electrons. The lowest BCUT2D eigenvalue weighted by Gasteiger charge is -2.13. The van der Waals surface area contributed by atoms with E-state index >= 15 is 0 Å². The fourth-order valence-corrected chi connectivity index (χ4v) is 8.10. The van der Waals surface area contributed by atoms with E-state index in [1.165, 1.54) is 0 Å². The minimum absolute atomic E-state index is 0.674. The van der Waals surface area contributed by atoms with E-state index in [1.54, 1.807) is 0 Å². The molecule has 0 aliphatic carbocycles. The van der Waals surface area contributed by atoms with Crippen LogP contribution in [0.5, 0.6) is 0 Å². The molecule has 5 nitrogen and oxygen atoms in total. The van der Waals surface area contributed by atoms with Gasteiger partial charge in [0.15, 0.2) is 11.6 Å². The van der Waals surface area contributed by atoms with Gasteiger partial charge >= 0.3 is 0 Å². The minimum Gasteiger partial charge on any atom is -0.306 e. The number of para-hydroxylation sites is 2. The summed E-state index contributed by atoms with van der Waals surface area (Å²) in [5.41, 5.74) is 12.9. The van der Waals surface area contributed by atoms with Gasteiger partial charge in [0, 0.05) is 44.1 Å². The Morgan fingerprint density at radius 2 is 0.825 bits per heavy atom. The Morgan fingerprint density at radius 3 is 1.51 bits per heavy atom. The number of fused-ring (bicyclic) bond motifs is 6. The van der Waals surface area contributed by atoms with Gasteiger partial charge < -0.3 is 4.57 Å². The molecule has 0 amide bonds. The molecule has 5 heteroatoms. The standard InChI is InChI=1S/C52H33N5/c1-4-17-35(18-5-1)46-44-31-30-34-16-10-11-27-42(34)48(44)55-51(53-46)39-23-14-21-37(32-39)38-22-15-24-40(33-38)52-54-47(36-19-6-2-7-20-36)50-49(56-52)43-28-12-13-29-45(43)57(50)41-25-8-3-9-26-41/h1-33H. The van der Waals surface area contributed by atoms with E-state index in [0.717, 1.165) is 94.1 Å². The van der Waals surface area contributed by atoms with Crippen molar-refractivity contribution in [1.29, 1.82) is 0 Å². The van der Waals surface area contributed by atoms with E-state index < -0.39 is 0 Å². The van der Waals surface area contributed by atoms with Crippen molar-refractivity contribution >= 4 is 43.6 Å². The van der Waals surface area contributed by atoms with Gasteiger partial charge in [0.2, 0.25) is 0 Å². The quantitative estimate of drug-likeness (QED) is 0.160. The Kier molecular flexibility index (Phi) is 7.74. The molecule has 0 saturated carbocycles. The smallest absolute Gasteiger partial charge is 0.160 e. The number of nitrogens with zero attached hydrogens (tertiary/aromatic N) is 5. The molecule has 8 aromatic carbocycles. The summed E-state index contributed by atoms with van der Waals surface area (Å²) in [5, 5.41) is 4.38. The van der Waals surface area contributed by atoms with Crippen LogP contribution in [0.3, 0.4) is 0 Å². The van der Waals surface area contributed by atoms with Crippen molar-refractivity contribution in [2.45, 2.75) is 0 Å². The molecule has 11 rings (SSSR count). The minimum atomic E-state index is 0.674. The second-order valence-corrected chi connectivity index (χ2v) is 14.3. The van der Waals surface area contributed by atoms with E-state index in [4.69, 9.17) is 19.9 Å². The number of hydrogen-bond donors (Lipinski definition) is 0. The lowest BCUT2D eigenvalue weighted by molar-refractivity contribution is 1.15. The van der Waals surface area contributed by atoms with Crippen LogP contribution in [0.2, 0.25) is 0 Å². The maximum Gasteiger partial charge on any atom is 0.160 e. The van der Waals surface area contributed by atoms with Crippen LogP contribution in [0, 0.1) is 0 Å². The summed E-state index contributed by atoms with van der Waals surface area (Å²) in [6.07, 6.45) is 0. The van der Waals surface area contributed by atoms with Gasteiger partial charge in [0.25, 0.3) is 0 Å². The fraction of sp³-hybridized carbons (Fsp3) is 0. The molecule has 3 heterocycles. The Hall–Kier alpha value is -7.76. The van der Waals surface area contributed by atoms with Crippen molar-refractivity contribution in [3.8, 4) is 62.1 Å². The predicted octanol–water partition coefficient (Wildman–Crippen LogP) is 13.0. The topological polar surface area (TPSA) is 56.5 Å². The summed E-state index contributed by atoms with van der Waals surface area (Å²) in [5.74, 6) is 1.36. The zero-order valence-corrected chi connectivity index (χ0v) is 30.8. The molecule has 0 fully saturated rings. The van der Waals surface area contributed by atoms with Crippen molar-refractivity contribution in [3.63, 3.8) is 0 Å². The van der Waals surface area contributed by atoms with Crippen LogP contribution in [0.1, 0.15) is 0 Å². The van der Waals surface area contributed by atoms with Crippen LogP contribution in [-0.2, 0) is 0 Å². The van der Waals surface area contributed by atoms with Crippen LogP contribution < -0.4 is 0 Å². The summed E-state index contributed by atoms with van der Waals surface area (Å²) < 4.78 is 2.29. The molecule has 266 valence electrons. The van der Waals surface area contributed by atoms with Crippen molar-refractivity contribution in [2.75, 3.05) is 0 Å². The van der Waals surface area contributed by atoms with Crippen LogP contribution in [0.4, 0.5) is 0 Å². The maximum absolute atomic E-state index is 5.36. The Morgan fingerprint density at radius 1 is 0.316 bits per heavy atom. The van der Waals surface area contributed by atoms with Crippen molar-refractivity contribution in [2.24, 2.45) is 0 Å². The molecule has 0 atom stereocenters. The van der Waals surface area contributed by atoms with E-state index in [2.05, 4.69) is 187 Å². The van der Waals surface area contributed by atoms with E-state index in [9.17, 15) is 0 Å². The van der Waals surface area contributed by atoms with Crippen LogP contribution in [-0.4, -0.2) is 24.5 Å². The van der Waals surface area contributed by atoms with Gasteiger partial charge in [-0.1, -0.05) is 164 Å². The van der Waals surface area contributed by atoms with Crippen LogP contribution in [0.25, 0.3) is 106 Å². The normalized spacial score (nSPS) is 11.5. The monoisotopic (exact) mass is 727 g/mol. The molecule has 11 aromatic rings. The first-order chi connectivity index (χ1) is 28.3. The molecule has 57 heavy (non-hydrogen) atoms. The molecule has 0 spiro atoms. The highest BCUT2D eigenvalue weighted by Crippen LogP contribution is 2.39. The molecular weight excluding hydrogens is 695 g/mol. The van der Waals surface area contributed by atoms with E-state index in [1.807, 2.05) is 18.2 Å². The number of benzene rings is 8. The second kappa shape index (κ2) is 13.5. The van der Waals surface area contributed by atoms with Gasteiger partial charge in [0.1, 0.15) is 5.52 Å². The highest BCUT2D eigenvalue weighted by atomic mass is 15.0. The molecule has 0 N–H and O–H groups in total. The molecule has 0 bridgehead atoms. The van der Waals surface area contributed by atoms with E-state index in [0.29, 0.717) is 11.6 Å². The molecular formula is C52H33N5. The fourth-order valence-electron chi connectivity index (χ4n) is 8.10. The lowest BCUT2D eigenvalue weighted by atomic mass is 9.99. The average Bonchev–Trinajstić information content (AvgIpc) is 3.63. The number of hydrogen-bond acceptors (Lipinski definition) is 4. The van der Waals surface area contributed by atoms with E-state index in [-0.39, 0.29) is 0 Å². The molecule has 0 aliphatic heterocycles. The summed E-state index contributed by atoms with van der Waals surface area (Å²) >= 11 is 0. The van der Waals surface area contributed by atoms with Gasteiger partial charge in [-0.15, -0.1) is 0 Å². The number of aromatic nitrogens is 5. The van der Waals surface area contributed by atoms with Gasteiger partial charge in [0.05, 0.1) is 27.9 Å². The first kappa shape index (κ1) is 32.7. The first-order valence-electron chi connectivity index (χ1n) is 19.1. The first-order valence-corrected chi connectivity index (χ1v) is 19.1. The van der Waals surface area contributed by atoms with Crippen molar-refractivity contribution < 1.29 is 0 Å². The van der Waals surface area contributed by atoms with Gasteiger partial charge in [-0.2, -0.15) is 0 Å². The second-order valence-electron chi connectivity index (χ2n) is 14.3. The SMILES string of the molecule is c1ccc(-c2nc(-c3cccc(-c4cccc(-c5nc(-c6ccccc6)c6c(n5)c5ccccc5n6-c5ccccc5)c4)c3)nc3c2ccc2ccccc23)cc1. The van der Waals surface area contributed by atoms with Gasteiger partial charge in [-0.25, -0.2) is 19.9 Å². The lowest BCUT2D eigenvalue weighted by Crippen LogP contribution is -1.99. The third kappa shape index (κ3) is 5.64. The largest absolute Gasteiger partial charge is 0.306 e. The number of rotatable bonds is 6. The Balaban J connectivity index is 1.07. The molecule has 3 aromatic heterocycles. The van der Waals surface area contributed by atoms with Crippen molar-refractivity contribution in [1.82, 2.24) is 24.5 Å². The third-order valence-electron chi connectivity index (χ3n) is 10.8. The third-order valence-corrected chi connectivity index (χ3v) is 10.8. The maximum atomic E-state index is 5.36. The Labute approximate surface area is 329 Å². The summed E-state index contributed by atoms with van der Waals surface area (Å²) in [7, 11) is 0. The zero-order valence-electron chi connectivity index (χ0n) is 30.8. The summed E-state index contributed by atoms with van der Waals surface area (Å²) in [4.78, 5) is 21.2. The van der Waals surface area contributed by atoms with Crippen LogP contribution in [0.15, 0.2) is 200 Å². The summed E-state index contributed by atoms with van der Waals surface area (Å²) in [6.45, 7) is 0. The predicted molar refractivity (Wildman–Crippen MR) is 234 cm³/mol. The molecule has 0 saturated heterocycles. The molecule has 0 unspecified atom stereocenters. The summed E-state index contributed by atoms with van der Waals surface area (Å²) in [6, 6.07) is 69.5. The van der Waals surface area contributed by atoms with Crippen LogP contribution >= 0.6 is 0 Å². The van der Waals surface area contributed by atoms with Gasteiger partial charge in [-0.3, -0.25) is 0 Å². The molecule has 0 aliphatic rings. The zero-order chi connectivity index (χ0) is 37.7.